The first-order valence-electron chi connectivity index (χ1n) is 4.37. The van der Waals surface area contributed by atoms with Crippen LogP contribution in [0.15, 0.2) is 24.3 Å². The van der Waals surface area contributed by atoms with Crippen molar-refractivity contribution in [3.8, 4) is 0 Å². The van der Waals surface area contributed by atoms with Crippen LogP contribution in [-0.4, -0.2) is 19.0 Å². The van der Waals surface area contributed by atoms with E-state index in [1.807, 2.05) is 31.2 Å². The molecule has 3 nitrogen and oxygen atoms in total. The molecule has 0 saturated carbocycles. The fraction of sp³-hybridized carbons (Fsp3) is 0.300. The summed E-state index contributed by atoms with van der Waals surface area (Å²) in [5, 5.41) is 5.70. The Morgan fingerprint density at radius 2 is 1.93 bits per heavy atom. The molecule has 0 aliphatic carbocycles. The molecule has 0 spiro atoms. The summed E-state index contributed by atoms with van der Waals surface area (Å²) in [6.45, 7) is 1.83. The summed E-state index contributed by atoms with van der Waals surface area (Å²) in [5.74, 6) is -0.0106. The molecule has 0 aromatic heterocycles. The fourth-order valence-electron chi connectivity index (χ4n) is 1.08. The zero-order valence-electron chi connectivity index (χ0n) is 8.17. The second-order valence-corrected chi connectivity index (χ2v) is 4.23. The minimum Gasteiger partial charge on any atom is -0.374 e. The maximum Gasteiger partial charge on any atom is 0.241 e. The van der Waals surface area contributed by atoms with Gasteiger partial charge in [0.2, 0.25) is 5.91 Å². The van der Waals surface area contributed by atoms with Gasteiger partial charge in [-0.05, 0) is 53.8 Å². The van der Waals surface area contributed by atoms with Gasteiger partial charge in [-0.1, -0.05) is 0 Å². The molecular formula is C10H13IN2O. The van der Waals surface area contributed by atoms with E-state index >= 15 is 0 Å². The van der Waals surface area contributed by atoms with E-state index in [1.54, 1.807) is 7.05 Å². The molecule has 76 valence electrons. The molecule has 14 heavy (non-hydrogen) atoms. The minimum atomic E-state index is -0.208. The standard InChI is InChI=1S/C10H13IN2O/c1-7(10(14)12-2)13-9-5-3-8(11)4-6-9/h3-7,13H,1-2H3,(H,12,14)/t7-/m1/s1. The molecule has 0 saturated heterocycles. The van der Waals surface area contributed by atoms with E-state index in [4.69, 9.17) is 0 Å². The van der Waals surface area contributed by atoms with Gasteiger partial charge < -0.3 is 10.6 Å². The van der Waals surface area contributed by atoms with E-state index in [-0.39, 0.29) is 11.9 Å². The van der Waals surface area contributed by atoms with Crippen molar-refractivity contribution in [2.75, 3.05) is 12.4 Å². The third kappa shape index (κ3) is 3.17. The first-order chi connectivity index (χ1) is 6.63. The first-order valence-corrected chi connectivity index (χ1v) is 5.45. The Kier molecular flexibility index (Phi) is 4.19. The highest BCUT2D eigenvalue weighted by atomic mass is 127. The maximum absolute atomic E-state index is 11.2. The molecule has 0 bridgehead atoms. The highest BCUT2D eigenvalue weighted by Crippen LogP contribution is 2.11. The normalized spacial score (nSPS) is 11.9. The Labute approximate surface area is 97.4 Å². The second kappa shape index (κ2) is 5.19. The van der Waals surface area contributed by atoms with E-state index < -0.39 is 0 Å². The van der Waals surface area contributed by atoms with E-state index in [1.165, 1.54) is 3.57 Å². The number of benzene rings is 1. The molecule has 0 heterocycles. The van der Waals surface area contributed by atoms with Crippen molar-refractivity contribution < 1.29 is 4.79 Å². The molecule has 1 aromatic carbocycles. The van der Waals surface area contributed by atoms with Gasteiger partial charge in [0.1, 0.15) is 6.04 Å². The summed E-state index contributed by atoms with van der Waals surface area (Å²) in [5.41, 5.74) is 0.960. The predicted molar refractivity (Wildman–Crippen MR) is 66.3 cm³/mol. The number of carbonyl (C=O) groups is 1. The lowest BCUT2D eigenvalue weighted by molar-refractivity contribution is -0.121. The van der Waals surface area contributed by atoms with Crippen molar-refractivity contribution >= 4 is 34.2 Å². The average molecular weight is 304 g/mol. The first kappa shape index (κ1) is 11.3. The molecule has 2 N–H and O–H groups in total. The van der Waals surface area contributed by atoms with Crippen LogP contribution < -0.4 is 10.6 Å². The smallest absolute Gasteiger partial charge is 0.241 e. The molecule has 4 heteroatoms. The van der Waals surface area contributed by atoms with Crippen molar-refractivity contribution in [1.29, 1.82) is 0 Å². The van der Waals surface area contributed by atoms with Gasteiger partial charge in [0.25, 0.3) is 0 Å². The lowest BCUT2D eigenvalue weighted by atomic mass is 10.2. The van der Waals surface area contributed by atoms with Crippen LogP contribution in [0.1, 0.15) is 6.92 Å². The number of halogens is 1. The molecule has 1 aromatic rings. The Hall–Kier alpha value is -0.780. The van der Waals surface area contributed by atoms with Crippen LogP contribution in [0.25, 0.3) is 0 Å². The zero-order valence-corrected chi connectivity index (χ0v) is 10.3. The summed E-state index contributed by atoms with van der Waals surface area (Å²) in [4.78, 5) is 11.2. The van der Waals surface area contributed by atoms with Crippen LogP contribution in [0.4, 0.5) is 5.69 Å². The minimum absolute atomic E-state index is 0.0106. The summed E-state index contributed by atoms with van der Waals surface area (Å²) in [7, 11) is 1.63. The molecule has 0 aliphatic heterocycles. The Bertz CT molecular complexity index is 310. The number of hydrogen-bond donors (Lipinski definition) is 2. The lowest BCUT2D eigenvalue weighted by Gasteiger charge is -2.13. The predicted octanol–water partition coefficient (Wildman–Crippen LogP) is 1.84. The molecule has 1 atom stereocenters. The number of hydrogen-bond acceptors (Lipinski definition) is 2. The van der Waals surface area contributed by atoms with Crippen LogP contribution in [0.5, 0.6) is 0 Å². The number of likely N-dealkylation sites (N-methyl/N-ethyl adjacent to an activating group) is 1. The second-order valence-electron chi connectivity index (χ2n) is 2.99. The van der Waals surface area contributed by atoms with Gasteiger partial charge >= 0.3 is 0 Å². The number of anilines is 1. The summed E-state index contributed by atoms with van der Waals surface area (Å²) < 4.78 is 1.18. The number of amides is 1. The number of nitrogens with one attached hydrogen (secondary N) is 2. The van der Waals surface area contributed by atoms with E-state index in [2.05, 4.69) is 33.2 Å². The topological polar surface area (TPSA) is 41.1 Å². The van der Waals surface area contributed by atoms with Gasteiger partial charge in [-0.15, -0.1) is 0 Å². The van der Waals surface area contributed by atoms with Crippen LogP contribution in [0.3, 0.4) is 0 Å². The van der Waals surface area contributed by atoms with Crippen molar-refractivity contribution in [1.82, 2.24) is 5.32 Å². The van der Waals surface area contributed by atoms with E-state index in [9.17, 15) is 4.79 Å². The van der Waals surface area contributed by atoms with E-state index in [0.717, 1.165) is 5.69 Å². The fourth-order valence-corrected chi connectivity index (χ4v) is 1.44. The SMILES string of the molecule is CNC(=O)[C@@H](C)Nc1ccc(I)cc1. The monoisotopic (exact) mass is 304 g/mol. The summed E-state index contributed by atoms with van der Waals surface area (Å²) >= 11 is 2.24. The molecule has 0 aliphatic rings. The van der Waals surface area contributed by atoms with Crippen molar-refractivity contribution in [2.45, 2.75) is 13.0 Å². The third-order valence-corrected chi connectivity index (χ3v) is 2.59. The average Bonchev–Trinajstić information content (AvgIpc) is 2.20. The van der Waals surface area contributed by atoms with Gasteiger partial charge in [0.15, 0.2) is 0 Å². The third-order valence-electron chi connectivity index (χ3n) is 1.87. The van der Waals surface area contributed by atoms with Crippen LogP contribution in [0.2, 0.25) is 0 Å². The largest absolute Gasteiger partial charge is 0.374 e. The number of rotatable bonds is 3. The summed E-state index contributed by atoms with van der Waals surface area (Å²) in [6.07, 6.45) is 0. The number of carbonyl (C=O) groups excluding carboxylic acids is 1. The van der Waals surface area contributed by atoms with E-state index in [0.29, 0.717) is 0 Å². The Morgan fingerprint density at radius 3 is 2.43 bits per heavy atom. The molecule has 1 rings (SSSR count). The van der Waals surface area contributed by atoms with Gasteiger partial charge in [0.05, 0.1) is 0 Å². The lowest BCUT2D eigenvalue weighted by Crippen LogP contribution is -2.35. The Balaban J connectivity index is 2.60. The van der Waals surface area contributed by atoms with Crippen LogP contribution in [-0.2, 0) is 4.79 Å². The zero-order chi connectivity index (χ0) is 10.6. The summed E-state index contributed by atoms with van der Waals surface area (Å²) in [6, 6.07) is 7.71. The molecule has 0 fully saturated rings. The van der Waals surface area contributed by atoms with Crippen LogP contribution in [0, 0.1) is 3.57 Å². The van der Waals surface area contributed by atoms with Crippen molar-refractivity contribution in [3.63, 3.8) is 0 Å². The van der Waals surface area contributed by atoms with Gasteiger partial charge in [-0.25, -0.2) is 0 Å². The van der Waals surface area contributed by atoms with Crippen molar-refractivity contribution in [2.24, 2.45) is 0 Å². The Morgan fingerprint density at radius 1 is 1.36 bits per heavy atom. The van der Waals surface area contributed by atoms with Gasteiger partial charge in [-0.3, -0.25) is 4.79 Å². The molecule has 0 unspecified atom stereocenters. The molecule has 1 amide bonds. The van der Waals surface area contributed by atoms with Crippen molar-refractivity contribution in [3.05, 3.63) is 27.8 Å². The molecular weight excluding hydrogens is 291 g/mol. The maximum atomic E-state index is 11.2. The van der Waals surface area contributed by atoms with Gasteiger partial charge in [-0.2, -0.15) is 0 Å². The molecule has 0 radical (unpaired) electrons. The highest BCUT2D eigenvalue weighted by molar-refractivity contribution is 14.1. The van der Waals surface area contributed by atoms with Crippen LogP contribution >= 0.6 is 22.6 Å². The highest BCUT2D eigenvalue weighted by Gasteiger charge is 2.09. The quantitative estimate of drug-likeness (QED) is 0.837. The van der Waals surface area contributed by atoms with Gasteiger partial charge in [0, 0.05) is 16.3 Å².